The minimum atomic E-state index is -0.476. The first-order chi connectivity index (χ1) is 17.5. The lowest BCUT2D eigenvalue weighted by atomic mass is 9.93. The molecule has 1 amide bonds. The second-order valence-electron chi connectivity index (χ2n) is 11.5. The van der Waals surface area contributed by atoms with Gasteiger partial charge >= 0.3 is 11.9 Å². The van der Waals surface area contributed by atoms with Crippen LogP contribution in [0, 0.1) is 5.41 Å². The van der Waals surface area contributed by atoms with E-state index in [4.69, 9.17) is 9.47 Å². The Morgan fingerprint density at radius 3 is 2.38 bits per heavy atom. The molecule has 0 unspecified atom stereocenters. The van der Waals surface area contributed by atoms with Gasteiger partial charge in [-0.1, -0.05) is 12.1 Å². The van der Waals surface area contributed by atoms with Crippen molar-refractivity contribution in [3.8, 4) is 5.69 Å². The van der Waals surface area contributed by atoms with Crippen LogP contribution < -0.4 is 0 Å². The summed E-state index contributed by atoms with van der Waals surface area (Å²) in [6.45, 7) is 6.31. The maximum atomic E-state index is 13.3. The van der Waals surface area contributed by atoms with Crippen molar-refractivity contribution in [1.82, 2.24) is 9.47 Å². The normalized spacial score (nSPS) is 16.5. The van der Waals surface area contributed by atoms with Crippen LogP contribution in [0.5, 0.6) is 0 Å². The van der Waals surface area contributed by atoms with Gasteiger partial charge in [-0.2, -0.15) is 0 Å². The van der Waals surface area contributed by atoms with Crippen LogP contribution in [-0.2, 0) is 27.1 Å². The predicted molar refractivity (Wildman–Crippen MR) is 141 cm³/mol. The molecule has 1 saturated carbocycles. The fraction of sp³-hybridized carbons (Fsp3) is 0.433. The first kappa shape index (κ1) is 25.1. The number of hydrogen-bond donors (Lipinski definition) is 0. The number of ether oxygens (including phenoxy) is 2. The van der Waals surface area contributed by atoms with E-state index in [0.29, 0.717) is 24.2 Å². The van der Waals surface area contributed by atoms with Crippen LogP contribution in [-0.4, -0.2) is 53.6 Å². The lowest BCUT2D eigenvalue weighted by molar-refractivity contribution is -0.156. The highest BCUT2D eigenvalue weighted by Crippen LogP contribution is 2.51. The third-order valence-corrected chi connectivity index (χ3v) is 7.41. The smallest absolute Gasteiger partial charge is 0.337 e. The molecule has 194 valence electrons. The van der Waals surface area contributed by atoms with Crippen LogP contribution in [0.4, 0.5) is 0 Å². The average molecular weight is 503 g/mol. The summed E-state index contributed by atoms with van der Waals surface area (Å²) >= 11 is 0. The number of carbonyl (C=O) groups is 3. The van der Waals surface area contributed by atoms with E-state index in [-0.39, 0.29) is 17.3 Å². The van der Waals surface area contributed by atoms with Crippen molar-refractivity contribution in [3.05, 3.63) is 64.8 Å². The zero-order valence-corrected chi connectivity index (χ0v) is 22.2. The fourth-order valence-electron chi connectivity index (χ4n) is 5.38. The molecule has 7 nitrogen and oxygen atoms in total. The van der Waals surface area contributed by atoms with E-state index < -0.39 is 11.6 Å². The van der Waals surface area contributed by atoms with Gasteiger partial charge in [-0.05, 0) is 93.3 Å². The highest BCUT2D eigenvalue weighted by molar-refractivity contribution is 6.05. The van der Waals surface area contributed by atoms with Gasteiger partial charge in [0.25, 0.3) is 5.91 Å². The molecule has 2 aromatic carbocycles. The molecule has 3 aromatic rings. The van der Waals surface area contributed by atoms with Crippen molar-refractivity contribution in [2.45, 2.75) is 58.5 Å². The largest absolute Gasteiger partial charge is 0.465 e. The van der Waals surface area contributed by atoms with Gasteiger partial charge in [0.05, 0.1) is 24.6 Å². The van der Waals surface area contributed by atoms with E-state index in [1.807, 2.05) is 56.7 Å². The quantitative estimate of drug-likeness (QED) is 0.438. The van der Waals surface area contributed by atoms with Crippen molar-refractivity contribution >= 4 is 28.7 Å². The summed E-state index contributed by atoms with van der Waals surface area (Å²) in [7, 11) is 3.18. The number of methoxy groups -OCH3 is 1. The molecular formula is C30H34N2O5. The molecule has 37 heavy (non-hydrogen) atoms. The predicted octanol–water partition coefficient (Wildman–Crippen LogP) is 5.10. The van der Waals surface area contributed by atoms with Gasteiger partial charge in [-0.25, -0.2) is 4.79 Å². The van der Waals surface area contributed by atoms with E-state index >= 15 is 0 Å². The molecule has 1 aromatic heterocycles. The second kappa shape index (κ2) is 9.05. The molecule has 1 aliphatic carbocycles. The molecule has 7 heteroatoms. The first-order valence-corrected chi connectivity index (χ1v) is 12.8. The fourth-order valence-corrected chi connectivity index (χ4v) is 5.38. The molecule has 0 radical (unpaired) electrons. The SMILES string of the molecule is COC(=O)c1ccc2c(c1)c1c(n2-c2ccc(CC3(CC(=O)OC(C)(C)C)CC3)cc2)C(=O)N(C)CC1. The van der Waals surface area contributed by atoms with E-state index in [2.05, 4.69) is 12.1 Å². The van der Waals surface area contributed by atoms with Crippen LogP contribution in [0.25, 0.3) is 16.6 Å². The molecule has 1 fully saturated rings. The Labute approximate surface area is 217 Å². The van der Waals surface area contributed by atoms with Gasteiger partial charge < -0.3 is 18.9 Å². The van der Waals surface area contributed by atoms with E-state index in [1.54, 1.807) is 11.0 Å². The standard InChI is InChI=1S/C30H34N2O5/c1-29(2,3)37-25(33)18-30(13-14-30)17-19-6-9-21(10-7-19)32-24-11-8-20(28(35)36-5)16-23(24)22-12-15-31(4)27(34)26(22)32/h6-11,16H,12-15,17-18H2,1-5H3. The molecule has 0 spiro atoms. The number of hydrogen-bond acceptors (Lipinski definition) is 5. The monoisotopic (exact) mass is 502 g/mol. The van der Waals surface area contributed by atoms with Crippen LogP contribution in [0.15, 0.2) is 42.5 Å². The number of likely N-dealkylation sites (N-methyl/N-ethyl adjacent to an activating group) is 1. The highest BCUT2D eigenvalue weighted by atomic mass is 16.6. The number of esters is 2. The average Bonchev–Trinajstić information content (AvgIpc) is 3.50. The minimum absolute atomic E-state index is 0.0217. The molecular weight excluding hydrogens is 468 g/mol. The third-order valence-electron chi connectivity index (χ3n) is 7.41. The van der Waals surface area contributed by atoms with E-state index in [1.165, 1.54) is 7.11 Å². The summed E-state index contributed by atoms with van der Waals surface area (Å²) in [6.07, 6.45) is 4.02. The number of rotatable bonds is 6. The lowest BCUT2D eigenvalue weighted by Gasteiger charge is -2.24. The zero-order chi connectivity index (χ0) is 26.5. The van der Waals surface area contributed by atoms with E-state index in [9.17, 15) is 14.4 Å². The second-order valence-corrected chi connectivity index (χ2v) is 11.5. The topological polar surface area (TPSA) is 77.8 Å². The summed E-state index contributed by atoms with van der Waals surface area (Å²) in [5.41, 5.74) is 4.51. The maximum absolute atomic E-state index is 13.3. The number of fused-ring (bicyclic) bond motifs is 3. The molecule has 2 aliphatic rings. The Hall–Kier alpha value is -3.61. The summed E-state index contributed by atoms with van der Waals surface area (Å²) in [5.74, 6) is -0.566. The molecule has 0 bridgehead atoms. The number of nitrogens with zero attached hydrogens (tertiary/aromatic N) is 2. The van der Waals surface area contributed by atoms with Crippen LogP contribution in [0.1, 0.15) is 72.0 Å². The third kappa shape index (κ3) is 4.87. The van der Waals surface area contributed by atoms with Crippen LogP contribution in [0.2, 0.25) is 0 Å². The molecule has 0 saturated heterocycles. The Morgan fingerprint density at radius 1 is 1.05 bits per heavy atom. The summed E-state index contributed by atoms with van der Waals surface area (Å²) in [5, 5.41) is 0.901. The summed E-state index contributed by atoms with van der Waals surface area (Å²) in [6, 6.07) is 13.7. The van der Waals surface area contributed by atoms with Crippen molar-refractivity contribution in [2.75, 3.05) is 20.7 Å². The Balaban J connectivity index is 1.47. The number of amides is 1. The molecule has 1 aliphatic heterocycles. The van der Waals surface area contributed by atoms with Gasteiger partial charge in [0.1, 0.15) is 11.3 Å². The van der Waals surface area contributed by atoms with Crippen LogP contribution in [0.3, 0.4) is 0 Å². The van der Waals surface area contributed by atoms with Gasteiger partial charge in [-0.3, -0.25) is 9.59 Å². The first-order valence-electron chi connectivity index (χ1n) is 12.8. The molecule has 2 heterocycles. The minimum Gasteiger partial charge on any atom is -0.465 e. The van der Waals surface area contributed by atoms with Gasteiger partial charge in [-0.15, -0.1) is 0 Å². The number of aromatic nitrogens is 1. The molecule has 0 N–H and O–H groups in total. The van der Waals surface area contributed by atoms with Crippen LogP contribution >= 0.6 is 0 Å². The van der Waals surface area contributed by atoms with Crippen molar-refractivity contribution < 1.29 is 23.9 Å². The Bertz CT molecular complexity index is 1390. The highest BCUT2D eigenvalue weighted by Gasteiger charge is 2.45. The Morgan fingerprint density at radius 2 is 1.76 bits per heavy atom. The number of benzene rings is 2. The van der Waals surface area contributed by atoms with Crippen molar-refractivity contribution in [2.24, 2.45) is 5.41 Å². The molecule has 0 atom stereocenters. The van der Waals surface area contributed by atoms with Gasteiger partial charge in [0, 0.05) is 24.7 Å². The maximum Gasteiger partial charge on any atom is 0.337 e. The lowest BCUT2D eigenvalue weighted by Crippen LogP contribution is -2.35. The molecule has 5 rings (SSSR count). The summed E-state index contributed by atoms with van der Waals surface area (Å²) in [4.78, 5) is 39.6. The Kier molecular flexibility index (Phi) is 6.13. The van der Waals surface area contributed by atoms with Gasteiger partial charge in [0.2, 0.25) is 0 Å². The number of carbonyl (C=O) groups excluding carboxylic acids is 3. The van der Waals surface area contributed by atoms with Crippen molar-refractivity contribution in [3.63, 3.8) is 0 Å². The zero-order valence-electron chi connectivity index (χ0n) is 22.2. The van der Waals surface area contributed by atoms with Crippen molar-refractivity contribution in [1.29, 1.82) is 0 Å². The van der Waals surface area contributed by atoms with E-state index in [0.717, 1.165) is 53.4 Å². The van der Waals surface area contributed by atoms with Gasteiger partial charge in [0.15, 0.2) is 0 Å². The summed E-state index contributed by atoms with van der Waals surface area (Å²) < 4.78 is 12.5.